The molecule has 7 nitrogen and oxygen atoms in total. The molecule has 1 aromatic heterocycles. The van der Waals surface area contributed by atoms with Gasteiger partial charge in [-0.2, -0.15) is 0 Å². The molecule has 1 N–H and O–H groups in total. The van der Waals surface area contributed by atoms with E-state index in [9.17, 15) is 14.9 Å². The number of benzene rings is 1. The Bertz CT molecular complexity index is 658. The lowest BCUT2D eigenvalue weighted by Crippen LogP contribution is -2.05. The van der Waals surface area contributed by atoms with Crippen molar-refractivity contribution in [2.24, 2.45) is 0 Å². The highest BCUT2D eigenvalue weighted by molar-refractivity contribution is 5.79. The Morgan fingerprint density at radius 1 is 1.40 bits per heavy atom. The summed E-state index contributed by atoms with van der Waals surface area (Å²) in [5.74, 6) is 0.634. The van der Waals surface area contributed by atoms with Crippen LogP contribution in [-0.2, 0) is 6.54 Å². The SMILES string of the molecule is Cc1nccc(CNc2ccc(C=O)cc2[N+](=O)[O-])n1. The minimum absolute atomic E-state index is 0.139. The third kappa shape index (κ3) is 3.14. The third-order valence-corrected chi connectivity index (χ3v) is 2.65. The first-order valence-electron chi connectivity index (χ1n) is 5.86. The van der Waals surface area contributed by atoms with Crippen LogP contribution in [0.25, 0.3) is 0 Å². The van der Waals surface area contributed by atoms with Crippen molar-refractivity contribution in [3.63, 3.8) is 0 Å². The van der Waals surface area contributed by atoms with E-state index < -0.39 is 4.92 Å². The Morgan fingerprint density at radius 3 is 2.85 bits per heavy atom. The molecule has 2 aromatic rings. The first-order valence-corrected chi connectivity index (χ1v) is 5.86. The zero-order chi connectivity index (χ0) is 14.5. The van der Waals surface area contributed by atoms with Crippen molar-refractivity contribution in [3.05, 3.63) is 57.7 Å². The van der Waals surface area contributed by atoms with Crippen molar-refractivity contribution >= 4 is 17.7 Å². The van der Waals surface area contributed by atoms with Gasteiger partial charge in [0, 0.05) is 17.8 Å². The number of nitrogens with zero attached hydrogens (tertiary/aromatic N) is 3. The van der Waals surface area contributed by atoms with E-state index in [0.717, 1.165) is 5.69 Å². The second-order valence-corrected chi connectivity index (χ2v) is 4.10. The molecule has 0 saturated heterocycles. The molecule has 0 amide bonds. The molecule has 7 heteroatoms. The van der Waals surface area contributed by atoms with Gasteiger partial charge in [0.25, 0.3) is 5.69 Å². The van der Waals surface area contributed by atoms with Crippen LogP contribution in [0.1, 0.15) is 21.9 Å². The predicted molar refractivity (Wildman–Crippen MR) is 72.6 cm³/mol. The second kappa shape index (κ2) is 5.87. The summed E-state index contributed by atoms with van der Waals surface area (Å²) in [6, 6.07) is 6.00. The van der Waals surface area contributed by atoms with E-state index in [4.69, 9.17) is 0 Å². The molecule has 0 atom stereocenters. The maximum Gasteiger partial charge on any atom is 0.293 e. The van der Waals surface area contributed by atoms with Crippen molar-refractivity contribution in [1.29, 1.82) is 0 Å². The molecule has 0 radical (unpaired) electrons. The van der Waals surface area contributed by atoms with Gasteiger partial charge < -0.3 is 5.32 Å². The minimum Gasteiger partial charge on any atom is -0.374 e. The number of nitrogens with one attached hydrogen (secondary N) is 1. The average molecular weight is 272 g/mol. The first kappa shape index (κ1) is 13.6. The van der Waals surface area contributed by atoms with Crippen LogP contribution in [0.4, 0.5) is 11.4 Å². The van der Waals surface area contributed by atoms with Crippen molar-refractivity contribution in [3.8, 4) is 0 Å². The maximum atomic E-state index is 11.0. The van der Waals surface area contributed by atoms with E-state index in [1.807, 2.05) is 0 Å². The van der Waals surface area contributed by atoms with Gasteiger partial charge in [0.2, 0.25) is 0 Å². The minimum atomic E-state index is -0.527. The van der Waals surface area contributed by atoms with Crippen molar-refractivity contribution < 1.29 is 9.72 Å². The van der Waals surface area contributed by atoms with E-state index in [1.165, 1.54) is 18.2 Å². The fourth-order valence-corrected chi connectivity index (χ4v) is 1.71. The van der Waals surface area contributed by atoms with Gasteiger partial charge in [-0.15, -0.1) is 0 Å². The number of hydrogen-bond donors (Lipinski definition) is 1. The maximum absolute atomic E-state index is 11.0. The van der Waals surface area contributed by atoms with Gasteiger partial charge in [-0.3, -0.25) is 14.9 Å². The molecule has 102 valence electrons. The standard InChI is InChI=1S/C13H12N4O3/c1-9-14-5-4-11(16-9)7-15-12-3-2-10(8-18)6-13(12)17(19)20/h2-6,8,15H,7H2,1H3. The lowest BCUT2D eigenvalue weighted by Gasteiger charge is -2.07. The van der Waals surface area contributed by atoms with Crippen LogP contribution in [0.5, 0.6) is 0 Å². The molecule has 0 aliphatic heterocycles. The molecule has 0 fully saturated rings. The van der Waals surface area contributed by atoms with Crippen molar-refractivity contribution in [1.82, 2.24) is 9.97 Å². The van der Waals surface area contributed by atoms with Crippen LogP contribution < -0.4 is 5.32 Å². The zero-order valence-electron chi connectivity index (χ0n) is 10.7. The Kier molecular flexibility index (Phi) is 3.99. The summed E-state index contributed by atoms with van der Waals surface area (Å²) >= 11 is 0. The summed E-state index contributed by atoms with van der Waals surface area (Å²) in [6.45, 7) is 2.11. The summed E-state index contributed by atoms with van der Waals surface area (Å²) in [5, 5.41) is 13.9. The normalized spacial score (nSPS) is 10.1. The lowest BCUT2D eigenvalue weighted by atomic mass is 10.2. The fraction of sp³-hybridized carbons (Fsp3) is 0.154. The van der Waals surface area contributed by atoms with E-state index in [0.29, 0.717) is 24.3 Å². The molecule has 0 unspecified atom stereocenters. The number of hydrogen-bond acceptors (Lipinski definition) is 6. The number of carbonyl (C=O) groups excluding carboxylic acids is 1. The van der Waals surface area contributed by atoms with Gasteiger partial charge in [-0.25, -0.2) is 9.97 Å². The van der Waals surface area contributed by atoms with Crippen LogP contribution in [0, 0.1) is 17.0 Å². The van der Waals surface area contributed by atoms with E-state index >= 15 is 0 Å². The quantitative estimate of drug-likeness (QED) is 0.508. The molecule has 1 heterocycles. The smallest absolute Gasteiger partial charge is 0.293 e. The second-order valence-electron chi connectivity index (χ2n) is 4.10. The third-order valence-electron chi connectivity index (χ3n) is 2.65. The summed E-state index contributed by atoms with van der Waals surface area (Å²) in [5.41, 5.74) is 1.20. The number of anilines is 1. The van der Waals surface area contributed by atoms with Crippen molar-refractivity contribution in [2.75, 3.05) is 5.32 Å². The van der Waals surface area contributed by atoms with Crippen LogP contribution in [-0.4, -0.2) is 21.2 Å². The Hall–Kier alpha value is -2.83. The summed E-state index contributed by atoms with van der Waals surface area (Å²) < 4.78 is 0. The van der Waals surface area contributed by atoms with E-state index in [1.54, 1.807) is 19.2 Å². The summed E-state index contributed by atoms with van der Waals surface area (Å²) in [7, 11) is 0. The number of rotatable bonds is 5. The number of nitro groups is 1. The molecular weight excluding hydrogens is 260 g/mol. The molecule has 1 aromatic carbocycles. The molecule has 0 bridgehead atoms. The van der Waals surface area contributed by atoms with Gasteiger partial charge in [-0.05, 0) is 25.1 Å². The largest absolute Gasteiger partial charge is 0.374 e. The average Bonchev–Trinajstić information content (AvgIpc) is 2.45. The summed E-state index contributed by atoms with van der Waals surface area (Å²) in [4.78, 5) is 29.3. The molecule has 2 rings (SSSR count). The first-order chi connectivity index (χ1) is 9.60. The Balaban J connectivity index is 2.20. The van der Waals surface area contributed by atoms with E-state index in [-0.39, 0.29) is 11.3 Å². The van der Waals surface area contributed by atoms with E-state index in [2.05, 4.69) is 15.3 Å². The molecule has 0 aliphatic carbocycles. The fourth-order valence-electron chi connectivity index (χ4n) is 1.71. The van der Waals surface area contributed by atoms with Crippen LogP contribution >= 0.6 is 0 Å². The van der Waals surface area contributed by atoms with Gasteiger partial charge in [-0.1, -0.05) is 0 Å². The monoisotopic (exact) mass is 272 g/mol. The zero-order valence-corrected chi connectivity index (χ0v) is 10.7. The number of aldehydes is 1. The molecular formula is C13H12N4O3. The molecule has 0 spiro atoms. The van der Waals surface area contributed by atoms with Gasteiger partial charge in [0.05, 0.1) is 17.2 Å². The van der Waals surface area contributed by atoms with Gasteiger partial charge >= 0.3 is 0 Å². The van der Waals surface area contributed by atoms with Gasteiger partial charge in [0.1, 0.15) is 17.8 Å². The Morgan fingerprint density at radius 2 is 2.20 bits per heavy atom. The molecule has 0 aliphatic rings. The number of carbonyl (C=O) groups is 1. The predicted octanol–water partition coefficient (Wildman–Crippen LogP) is 2.12. The number of aromatic nitrogens is 2. The highest BCUT2D eigenvalue weighted by Gasteiger charge is 2.14. The van der Waals surface area contributed by atoms with Crippen LogP contribution in [0.3, 0.4) is 0 Å². The number of aryl methyl sites for hydroxylation is 1. The highest BCUT2D eigenvalue weighted by atomic mass is 16.6. The molecule has 0 saturated carbocycles. The van der Waals surface area contributed by atoms with Gasteiger partial charge in [0.15, 0.2) is 0 Å². The molecule has 20 heavy (non-hydrogen) atoms. The van der Waals surface area contributed by atoms with Crippen molar-refractivity contribution in [2.45, 2.75) is 13.5 Å². The summed E-state index contributed by atoms with van der Waals surface area (Å²) in [6.07, 6.45) is 2.20. The van der Waals surface area contributed by atoms with Crippen LogP contribution in [0.15, 0.2) is 30.5 Å². The topological polar surface area (TPSA) is 98.0 Å². The van der Waals surface area contributed by atoms with Crippen LogP contribution in [0.2, 0.25) is 0 Å². The Labute approximate surface area is 114 Å². The lowest BCUT2D eigenvalue weighted by molar-refractivity contribution is -0.384. The number of nitro benzene ring substituents is 1. The highest BCUT2D eigenvalue weighted by Crippen LogP contribution is 2.25.